The van der Waals surface area contributed by atoms with Crippen molar-refractivity contribution in [3.05, 3.63) is 48.6 Å². The van der Waals surface area contributed by atoms with Gasteiger partial charge in [0.1, 0.15) is 19.3 Å². The monoisotopic (exact) mass is 1050 g/mol. The number of quaternary nitrogens is 1. The fourth-order valence-electron chi connectivity index (χ4n) is 9.05. The number of esters is 1. The van der Waals surface area contributed by atoms with Gasteiger partial charge >= 0.3 is 5.97 Å². The van der Waals surface area contributed by atoms with E-state index in [9.17, 15) is 19.0 Å². The highest BCUT2D eigenvalue weighted by Crippen LogP contribution is 2.38. The molecule has 0 radical (unpaired) electrons. The Morgan fingerprint density at radius 1 is 0.493 bits per heavy atom. The van der Waals surface area contributed by atoms with Crippen molar-refractivity contribution in [1.29, 1.82) is 0 Å². The number of phosphoric acid groups is 1. The number of unbranched alkanes of at least 4 members (excludes halogenated alkanes) is 36. The number of allylic oxidation sites excluding steroid dienone is 7. The zero-order chi connectivity index (χ0) is 53.6. The van der Waals surface area contributed by atoms with Crippen LogP contribution in [0.25, 0.3) is 0 Å². The average molecular weight is 1050 g/mol. The number of carbonyl (C=O) groups is 2. The summed E-state index contributed by atoms with van der Waals surface area (Å²) in [4.78, 5) is 39.9. The standard InChI is InChI=1S/C63H119N2O7P/c1-7-10-13-16-19-22-25-27-29-30-31-32-33-34-36-37-40-43-46-49-52-55-62(66)64-60(59-71-73(68,69)70-58-57-65(4,5)6)61(54-51-48-45-42-39-24-21-18-15-12-9-3)72-63(67)56-53-50-47-44-41-38-35-28-26-23-20-17-14-11-8-2/h11,14,17,20,23,26,51,54,60-61H,7-10,12-13,15-16,18-19,21-22,24-25,27-50,52-53,55-59H2,1-6H3,(H-,64,66,68,69)/b14-11+,20-17+,26-23+,54-51+. The van der Waals surface area contributed by atoms with Crippen LogP contribution >= 0.6 is 7.82 Å². The predicted octanol–water partition coefficient (Wildman–Crippen LogP) is 18.3. The third-order valence-electron chi connectivity index (χ3n) is 13.8. The Morgan fingerprint density at radius 2 is 0.877 bits per heavy atom. The summed E-state index contributed by atoms with van der Waals surface area (Å²) in [6, 6.07) is -0.890. The Bertz CT molecular complexity index is 1390. The van der Waals surface area contributed by atoms with Crippen molar-refractivity contribution in [3.8, 4) is 0 Å². The number of likely N-dealkylation sites (N-methyl/N-ethyl adjacent to an activating group) is 1. The minimum atomic E-state index is -4.70. The molecular weight excluding hydrogens is 928 g/mol. The molecular formula is C63H119N2O7P. The Balaban J connectivity index is 5.16. The van der Waals surface area contributed by atoms with Gasteiger partial charge in [0, 0.05) is 12.8 Å². The first-order chi connectivity index (χ1) is 35.4. The Kier molecular flexibility index (Phi) is 51.9. The molecule has 428 valence electrons. The predicted molar refractivity (Wildman–Crippen MR) is 312 cm³/mol. The number of nitrogens with one attached hydrogen (secondary N) is 1. The van der Waals surface area contributed by atoms with E-state index in [1.165, 1.54) is 180 Å². The molecule has 10 heteroatoms. The minimum absolute atomic E-state index is 0.0234. The molecule has 0 aromatic heterocycles. The summed E-state index contributed by atoms with van der Waals surface area (Å²) in [5.41, 5.74) is 0. The quantitative estimate of drug-likeness (QED) is 0.0161. The van der Waals surface area contributed by atoms with Gasteiger partial charge in [-0.15, -0.1) is 0 Å². The largest absolute Gasteiger partial charge is 0.756 e. The Labute approximate surface area is 452 Å². The number of amides is 1. The highest BCUT2D eigenvalue weighted by molar-refractivity contribution is 7.45. The second kappa shape index (κ2) is 53.4. The summed E-state index contributed by atoms with van der Waals surface area (Å²) in [5, 5.41) is 3.03. The van der Waals surface area contributed by atoms with Gasteiger partial charge in [0.25, 0.3) is 7.82 Å². The van der Waals surface area contributed by atoms with Crippen LogP contribution in [0.3, 0.4) is 0 Å². The fraction of sp³-hybridized carbons (Fsp3) is 0.841. The van der Waals surface area contributed by atoms with Gasteiger partial charge in [-0.25, -0.2) is 0 Å². The highest BCUT2D eigenvalue weighted by atomic mass is 31.2. The molecule has 3 atom stereocenters. The average Bonchev–Trinajstić information content (AvgIpc) is 3.35. The molecule has 0 heterocycles. The van der Waals surface area contributed by atoms with Crippen LogP contribution in [0.1, 0.15) is 290 Å². The summed E-state index contributed by atoms with van der Waals surface area (Å²) in [6.45, 7) is 6.73. The summed E-state index contributed by atoms with van der Waals surface area (Å²) >= 11 is 0. The van der Waals surface area contributed by atoms with Gasteiger partial charge in [-0.05, 0) is 51.0 Å². The van der Waals surface area contributed by atoms with Crippen molar-refractivity contribution in [3.63, 3.8) is 0 Å². The van der Waals surface area contributed by atoms with Gasteiger partial charge in [0.15, 0.2) is 0 Å². The van der Waals surface area contributed by atoms with Crippen LogP contribution in [0.5, 0.6) is 0 Å². The van der Waals surface area contributed by atoms with E-state index < -0.39 is 20.0 Å². The van der Waals surface area contributed by atoms with Gasteiger partial charge < -0.3 is 28.5 Å². The second-order valence-corrected chi connectivity index (χ2v) is 23.7. The van der Waals surface area contributed by atoms with E-state index in [0.717, 1.165) is 77.0 Å². The first-order valence-electron chi connectivity index (χ1n) is 31.0. The maximum atomic E-state index is 13.5. The molecule has 0 aromatic carbocycles. The van der Waals surface area contributed by atoms with Crippen molar-refractivity contribution >= 4 is 19.7 Å². The van der Waals surface area contributed by atoms with Gasteiger partial charge in [-0.3, -0.25) is 14.2 Å². The van der Waals surface area contributed by atoms with Gasteiger partial charge in [0.05, 0.1) is 33.8 Å². The number of hydrogen-bond donors (Lipinski definition) is 1. The Morgan fingerprint density at radius 3 is 1.30 bits per heavy atom. The van der Waals surface area contributed by atoms with Crippen LogP contribution in [-0.4, -0.2) is 69.4 Å². The Hall–Kier alpha value is -2.03. The number of rotatable bonds is 56. The molecule has 0 saturated carbocycles. The van der Waals surface area contributed by atoms with Crippen molar-refractivity contribution < 1.29 is 37.3 Å². The molecule has 73 heavy (non-hydrogen) atoms. The zero-order valence-electron chi connectivity index (χ0n) is 48.8. The molecule has 0 aliphatic heterocycles. The summed E-state index contributed by atoms with van der Waals surface area (Å²) < 4.78 is 30.3. The second-order valence-electron chi connectivity index (χ2n) is 22.2. The molecule has 1 N–H and O–H groups in total. The lowest BCUT2D eigenvalue weighted by Crippen LogP contribution is -2.47. The van der Waals surface area contributed by atoms with E-state index in [-0.39, 0.29) is 31.5 Å². The van der Waals surface area contributed by atoms with E-state index in [4.69, 9.17) is 13.8 Å². The van der Waals surface area contributed by atoms with E-state index in [2.05, 4.69) is 62.5 Å². The lowest BCUT2D eigenvalue weighted by Gasteiger charge is -2.30. The van der Waals surface area contributed by atoms with Crippen LogP contribution in [0.2, 0.25) is 0 Å². The van der Waals surface area contributed by atoms with E-state index in [0.29, 0.717) is 17.4 Å². The van der Waals surface area contributed by atoms with Crippen LogP contribution in [0.4, 0.5) is 0 Å². The van der Waals surface area contributed by atoms with Crippen LogP contribution in [-0.2, 0) is 27.9 Å². The number of hydrogen-bond acceptors (Lipinski definition) is 7. The molecule has 0 bridgehead atoms. The first-order valence-corrected chi connectivity index (χ1v) is 32.4. The van der Waals surface area contributed by atoms with Crippen LogP contribution in [0, 0.1) is 0 Å². The summed E-state index contributed by atoms with van der Waals surface area (Å²) in [7, 11) is 1.18. The maximum Gasteiger partial charge on any atom is 0.306 e. The summed E-state index contributed by atoms with van der Waals surface area (Å²) in [6.07, 6.45) is 65.1. The normalized spacial score (nSPS) is 14.0. The molecule has 0 aliphatic rings. The highest BCUT2D eigenvalue weighted by Gasteiger charge is 2.27. The van der Waals surface area contributed by atoms with Crippen molar-refractivity contribution in [2.24, 2.45) is 0 Å². The van der Waals surface area contributed by atoms with E-state index >= 15 is 0 Å². The number of nitrogens with zero attached hydrogens (tertiary/aromatic N) is 1. The molecule has 0 rings (SSSR count). The number of carbonyl (C=O) groups excluding carboxylic acids is 2. The number of phosphoric ester groups is 1. The maximum absolute atomic E-state index is 13.5. The number of ether oxygens (including phenoxy) is 1. The third-order valence-corrected chi connectivity index (χ3v) is 14.8. The molecule has 9 nitrogen and oxygen atoms in total. The van der Waals surface area contributed by atoms with E-state index in [1.54, 1.807) is 0 Å². The van der Waals surface area contributed by atoms with E-state index in [1.807, 2.05) is 33.3 Å². The zero-order valence-corrected chi connectivity index (χ0v) is 49.7. The molecule has 0 saturated heterocycles. The first kappa shape index (κ1) is 71.0. The van der Waals surface area contributed by atoms with Crippen molar-refractivity contribution in [2.75, 3.05) is 40.9 Å². The lowest BCUT2D eigenvalue weighted by atomic mass is 10.0. The molecule has 3 unspecified atom stereocenters. The van der Waals surface area contributed by atoms with Crippen molar-refractivity contribution in [2.45, 2.75) is 303 Å². The SMILES string of the molecule is CC/C=C/C=C/C=C/CCCCCCCCCC(=O)OC(/C=C/CCCCCCCCCCC)C(COP(=O)([O-])OCC[N+](C)(C)C)NC(=O)CCCCCCCCCCCCCCCCCCCCCCC. The summed E-state index contributed by atoms with van der Waals surface area (Å²) in [5.74, 6) is -0.545. The van der Waals surface area contributed by atoms with Crippen LogP contribution < -0.4 is 10.2 Å². The van der Waals surface area contributed by atoms with Gasteiger partial charge in [-0.2, -0.15) is 0 Å². The molecule has 0 spiro atoms. The molecule has 1 amide bonds. The lowest BCUT2D eigenvalue weighted by molar-refractivity contribution is -0.870. The molecule has 0 fully saturated rings. The molecule has 0 aromatic rings. The van der Waals surface area contributed by atoms with Gasteiger partial charge in [-0.1, -0.05) is 275 Å². The minimum Gasteiger partial charge on any atom is -0.756 e. The van der Waals surface area contributed by atoms with Crippen LogP contribution in [0.15, 0.2) is 48.6 Å². The third kappa shape index (κ3) is 54.6. The molecule has 0 aliphatic carbocycles. The smallest absolute Gasteiger partial charge is 0.306 e. The fourth-order valence-corrected chi connectivity index (χ4v) is 9.78. The topological polar surface area (TPSA) is 114 Å². The van der Waals surface area contributed by atoms with Gasteiger partial charge in [0.2, 0.25) is 5.91 Å². The van der Waals surface area contributed by atoms with Crippen molar-refractivity contribution in [1.82, 2.24) is 5.32 Å².